The summed E-state index contributed by atoms with van der Waals surface area (Å²) in [5.74, 6) is -0.420. The fourth-order valence-electron chi connectivity index (χ4n) is 2.48. The molecular formula is C19H16BrNO4S2. The lowest BCUT2D eigenvalue weighted by Crippen LogP contribution is -2.30. The van der Waals surface area contributed by atoms with Crippen LogP contribution in [0.5, 0.6) is 0 Å². The average Bonchev–Trinajstić information content (AvgIpc) is 2.95. The molecule has 27 heavy (non-hydrogen) atoms. The molecule has 0 atom stereocenters. The van der Waals surface area contributed by atoms with Gasteiger partial charge in [0.05, 0.1) is 27.6 Å². The molecule has 8 heteroatoms. The normalized spacial score (nSPS) is 16.1. The van der Waals surface area contributed by atoms with Crippen molar-refractivity contribution in [3.8, 4) is 0 Å². The third kappa shape index (κ3) is 4.69. The number of ketones is 1. The van der Waals surface area contributed by atoms with Crippen molar-refractivity contribution in [2.24, 2.45) is 0 Å². The molecule has 1 aliphatic heterocycles. The number of carbonyl (C=O) groups is 2. The lowest BCUT2D eigenvalue weighted by Gasteiger charge is -2.16. The van der Waals surface area contributed by atoms with E-state index in [-0.39, 0.29) is 33.9 Å². The van der Waals surface area contributed by atoms with Crippen LogP contribution in [0.1, 0.15) is 15.9 Å². The predicted octanol–water partition coefficient (Wildman–Crippen LogP) is 3.79. The molecule has 0 saturated carbocycles. The van der Waals surface area contributed by atoms with Gasteiger partial charge in [0.1, 0.15) is 0 Å². The summed E-state index contributed by atoms with van der Waals surface area (Å²) in [6.45, 7) is 1.68. The first-order valence-corrected chi connectivity index (χ1v) is 11.3. The zero-order chi connectivity index (χ0) is 19.6. The fraction of sp³-hybridized carbons (Fsp3) is 0.158. The number of nitrogens with zero attached hydrogens (tertiary/aromatic N) is 1. The van der Waals surface area contributed by atoms with E-state index >= 15 is 0 Å². The van der Waals surface area contributed by atoms with Gasteiger partial charge in [0.2, 0.25) is 15.7 Å². The highest BCUT2D eigenvalue weighted by Crippen LogP contribution is 2.31. The molecule has 0 N–H and O–H groups in total. The Labute approximate surface area is 170 Å². The number of benzene rings is 2. The molecular weight excluding hydrogens is 450 g/mol. The molecule has 1 amide bonds. The van der Waals surface area contributed by atoms with Gasteiger partial charge in [0.15, 0.2) is 5.78 Å². The van der Waals surface area contributed by atoms with E-state index in [1.165, 1.54) is 17.0 Å². The topological polar surface area (TPSA) is 71.5 Å². The van der Waals surface area contributed by atoms with E-state index in [0.29, 0.717) is 5.56 Å². The summed E-state index contributed by atoms with van der Waals surface area (Å²) in [5.41, 5.74) is 1.41. The molecule has 140 valence electrons. The Kier molecular flexibility index (Phi) is 5.88. The number of sulfone groups is 1. The standard InChI is InChI=1S/C19H16BrNO4S2/c1-13-2-8-16(9-3-13)27(24,25)12-19-21(18(23)11-26-19)10-17(22)14-4-6-15(20)7-5-14/h2-9,12H,10-11H2,1H3/b19-12-. The Morgan fingerprint density at radius 1 is 1.15 bits per heavy atom. The van der Waals surface area contributed by atoms with Crippen molar-refractivity contribution in [2.75, 3.05) is 12.3 Å². The summed E-state index contributed by atoms with van der Waals surface area (Å²) in [7, 11) is -3.72. The SMILES string of the molecule is Cc1ccc(S(=O)(=O)/C=C2\SCC(=O)N2CC(=O)c2ccc(Br)cc2)cc1. The minimum absolute atomic E-state index is 0.114. The Hall–Kier alpha value is -1.90. The monoisotopic (exact) mass is 465 g/mol. The second-order valence-electron chi connectivity index (χ2n) is 6.01. The minimum Gasteiger partial charge on any atom is -0.298 e. The van der Waals surface area contributed by atoms with Crippen molar-refractivity contribution in [3.05, 3.63) is 74.6 Å². The van der Waals surface area contributed by atoms with E-state index in [1.807, 2.05) is 6.92 Å². The van der Waals surface area contributed by atoms with Gasteiger partial charge < -0.3 is 0 Å². The van der Waals surface area contributed by atoms with E-state index < -0.39 is 9.84 Å². The lowest BCUT2D eigenvalue weighted by molar-refractivity contribution is -0.125. The quantitative estimate of drug-likeness (QED) is 0.628. The number of aryl methyl sites for hydroxylation is 1. The van der Waals surface area contributed by atoms with Gasteiger partial charge >= 0.3 is 0 Å². The number of thioether (sulfide) groups is 1. The molecule has 3 rings (SSSR count). The van der Waals surface area contributed by atoms with E-state index in [0.717, 1.165) is 27.2 Å². The van der Waals surface area contributed by atoms with Crippen LogP contribution in [0.2, 0.25) is 0 Å². The molecule has 2 aromatic carbocycles. The van der Waals surface area contributed by atoms with Gasteiger partial charge in [-0.05, 0) is 31.2 Å². The number of amides is 1. The molecule has 2 aromatic rings. The predicted molar refractivity (Wildman–Crippen MR) is 109 cm³/mol. The van der Waals surface area contributed by atoms with Crippen molar-refractivity contribution in [1.82, 2.24) is 4.90 Å². The van der Waals surface area contributed by atoms with Gasteiger partial charge in [0.25, 0.3) is 0 Å². The third-order valence-electron chi connectivity index (χ3n) is 3.98. The first-order chi connectivity index (χ1) is 12.8. The van der Waals surface area contributed by atoms with Crippen molar-refractivity contribution in [2.45, 2.75) is 11.8 Å². The maximum Gasteiger partial charge on any atom is 0.238 e. The Morgan fingerprint density at radius 3 is 2.41 bits per heavy atom. The summed E-state index contributed by atoms with van der Waals surface area (Å²) in [6.07, 6.45) is 0. The van der Waals surface area contributed by atoms with E-state index in [4.69, 9.17) is 0 Å². The molecule has 1 heterocycles. The van der Waals surface area contributed by atoms with Crippen LogP contribution in [-0.4, -0.2) is 37.3 Å². The second-order valence-corrected chi connectivity index (χ2v) is 9.72. The molecule has 0 radical (unpaired) electrons. The third-order valence-corrected chi connectivity index (χ3v) is 7.15. The number of halogens is 1. The summed E-state index contributed by atoms with van der Waals surface area (Å²) in [5, 5.41) is 1.34. The van der Waals surface area contributed by atoms with Crippen molar-refractivity contribution in [3.63, 3.8) is 0 Å². The highest BCUT2D eigenvalue weighted by atomic mass is 79.9. The van der Waals surface area contributed by atoms with Gasteiger partial charge in [-0.2, -0.15) is 0 Å². The fourth-order valence-corrected chi connectivity index (χ4v) is 5.19. The molecule has 5 nitrogen and oxygen atoms in total. The first kappa shape index (κ1) is 19.9. The second kappa shape index (κ2) is 8.00. The van der Waals surface area contributed by atoms with Crippen LogP contribution in [0.4, 0.5) is 0 Å². The number of carbonyl (C=O) groups excluding carboxylic acids is 2. The average molecular weight is 466 g/mol. The smallest absolute Gasteiger partial charge is 0.238 e. The molecule has 1 fully saturated rings. The number of hydrogen-bond donors (Lipinski definition) is 0. The van der Waals surface area contributed by atoms with Crippen molar-refractivity contribution < 1.29 is 18.0 Å². The van der Waals surface area contributed by atoms with Crippen LogP contribution < -0.4 is 0 Å². The summed E-state index contributed by atoms with van der Waals surface area (Å²) in [6, 6.07) is 13.3. The van der Waals surface area contributed by atoms with E-state index in [9.17, 15) is 18.0 Å². The highest BCUT2D eigenvalue weighted by molar-refractivity contribution is 9.10. The van der Waals surface area contributed by atoms with Gasteiger partial charge in [-0.15, -0.1) is 0 Å². The Balaban J connectivity index is 1.85. The van der Waals surface area contributed by atoms with E-state index in [2.05, 4.69) is 15.9 Å². The number of hydrogen-bond acceptors (Lipinski definition) is 5. The first-order valence-electron chi connectivity index (χ1n) is 8.02. The highest BCUT2D eigenvalue weighted by Gasteiger charge is 2.30. The summed E-state index contributed by atoms with van der Waals surface area (Å²) in [4.78, 5) is 26.1. The molecule has 0 bridgehead atoms. The van der Waals surface area contributed by atoms with Crippen molar-refractivity contribution >= 4 is 49.2 Å². The molecule has 1 aliphatic rings. The number of Topliss-reactive ketones (excluding diaryl/α,β-unsaturated/α-hetero) is 1. The van der Waals surface area contributed by atoms with Crippen LogP contribution in [0, 0.1) is 6.92 Å². The molecule has 0 aliphatic carbocycles. The van der Waals surface area contributed by atoms with Crippen LogP contribution >= 0.6 is 27.7 Å². The van der Waals surface area contributed by atoms with Gasteiger partial charge in [-0.3, -0.25) is 14.5 Å². The van der Waals surface area contributed by atoms with Crippen LogP contribution in [-0.2, 0) is 14.6 Å². The zero-order valence-electron chi connectivity index (χ0n) is 14.4. The lowest BCUT2D eigenvalue weighted by atomic mass is 10.1. The summed E-state index contributed by atoms with van der Waals surface area (Å²) < 4.78 is 26.1. The van der Waals surface area contributed by atoms with Gasteiger partial charge in [0, 0.05) is 10.0 Å². The van der Waals surface area contributed by atoms with E-state index in [1.54, 1.807) is 36.4 Å². The summed E-state index contributed by atoms with van der Waals surface area (Å²) >= 11 is 4.43. The van der Waals surface area contributed by atoms with Crippen LogP contribution in [0.15, 0.2) is 68.3 Å². The van der Waals surface area contributed by atoms with Gasteiger partial charge in [-0.1, -0.05) is 57.5 Å². The Bertz CT molecular complexity index is 1010. The Morgan fingerprint density at radius 2 is 1.78 bits per heavy atom. The zero-order valence-corrected chi connectivity index (χ0v) is 17.6. The van der Waals surface area contributed by atoms with Crippen LogP contribution in [0.3, 0.4) is 0 Å². The van der Waals surface area contributed by atoms with Crippen LogP contribution in [0.25, 0.3) is 0 Å². The molecule has 0 spiro atoms. The molecule has 0 aromatic heterocycles. The number of rotatable bonds is 5. The molecule has 0 unspecified atom stereocenters. The van der Waals surface area contributed by atoms with Gasteiger partial charge in [-0.25, -0.2) is 8.42 Å². The maximum atomic E-state index is 12.6. The maximum absolute atomic E-state index is 12.6. The largest absolute Gasteiger partial charge is 0.298 e. The molecule has 1 saturated heterocycles. The van der Waals surface area contributed by atoms with Crippen molar-refractivity contribution in [1.29, 1.82) is 0 Å². The minimum atomic E-state index is -3.72.